The lowest BCUT2D eigenvalue weighted by molar-refractivity contribution is 0.493. The van der Waals surface area contributed by atoms with Crippen LogP contribution in [0.25, 0.3) is 0 Å². The van der Waals surface area contributed by atoms with Gasteiger partial charge in [0.15, 0.2) is 0 Å². The van der Waals surface area contributed by atoms with Crippen LogP contribution in [0, 0.1) is 0 Å². The molecule has 0 aliphatic rings. The third-order valence-electron chi connectivity index (χ3n) is 1.13. The zero-order chi connectivity index (χ0) is 9.19. The van der Waals surface area contributed by atoms with E-state index in [-0.39, 0.29) is 0 Å². The molecule has 1 aromatic carbocycles. The second-order valence-electron chi connectivity index (χ2n) is 2.36. The van der Waals surface area contributed by atoms with Crippen molar-refractivity contribution in [2.24, 2.45) is 0 Å². The zero-order valence-corrected chi connectivity index (χ0v) is 8.49. The predicted molar refractivity (Wildman–Crippen MR) is 51.3 cm³/mol. The molecule has 0 amide bonds. The lowest BCUT2D eigenvalue weighted by atomic mass is 10.3. The van der Waals surface area contributed by atoms with Gasteiger partial charge in [-0.15, -0.1) is 9.24 Å². The van der Waals surface area contributed by atoms with Crippen LogP contribution in [0.3, 0.4) is 0 Å². The summed E-state index contributed by atoms with van der Waals surface area (Å²) in [4.78, 5) is 0. The summed E-state index contributed by atoms with van der Waals surface area (Å²) in [6.07, 6.45) is 1.02. The van der Waals surface area contributed by atoms with Crippen LogP contribution in [0.5, 0.6) is 5.75 Å². The van der Waals surface area contributed by atoms with Crippen molar-refractivity contribution in [3.63, 3.8) is 0 Å². The van der Waals surface area contributed by atoms with Crippen molar-refractivity contribution in [2.45, 2.75) is 0 Å². The smallest absolute Gasteiger partial charge is 0.306 e. The van der Waals surface area contributed by atoms with E-state index in [1.165, 1.54) is 0 Å². The summed E-state index contributed by atoms with van der Waals surface area (Å²) in [6.45, 7) is 0. The molecule has 5 heteroatoms. The van der Waals surface area contributed by atoms with Crippen LogP contribution in [-0.4, -0.2) is 14.7 Å². The van der Waals surface area contributed by atoms with Gasteiger partial charge in [-0.2, -0.15) is 8.42 Å². The summed E-state index contributed by atoms with van der Waals surface area (Å²) >= 11 is 0. The Morgan fingerprint density at radius 3 is 2.17 bits per heavy atom. The highest BCUT2D eigenvalue weighted by Gasteiger charge is 2.02. The van der Waals surface area contributed by atoms with Crippen molar-refractivity contribution in [2.75, 3.05) is 6.26 Å². The first kappa shape index (κ1) is 9.49. The minimum Gasteiger partial charge on any atom is -0.383 e. The van der Waals surface area contributed by atoms with Crippen LogP contribution in [0.1, 0.15) is 0 Å². The van der Waals surface area contributed by atoms with Gasteiger partial charge in [-0.1, -0.05) is 12.1 Å². The monoisotopic (exact) mass is 204 g/mol. The Morgan fingerprint density at radius 2 is 1.75 bits per heavy atom. The quantitative estimate of drug-likeness (QED) is 0.521. The second-order valence-corrected chi connectivity index (χ2v) is 4.60. The molecule has 3 nitrogen and oxygen atoms in total. The summed E-state index contributed by atoms with van der Waals surface area (Å²) in [5, 5.41) is 0.982. The van der Waals surface area contributed by atoms with Crippen molar-refractivity contribution < 1.29 is 12.6 Å². The van der Waals surface area contributed by atoms with E-state index in [4.69, 9.17) is 0 Å². The highest BCUT2D eigenvalue weighted by molar-refractivity contribution is 7.86. The van der Waals surface area contributed by atoms with E-state index >= 15 is 0 Å². The molecule has 0 heterocycles. The van der Waals surface area contributed by atoms with Gasteiger partial charge in [0, 0.05) is 0 Å². The van der Waals surface area contributed by atoms with Crippen LogP contribution in [-0.2, 0) is 10.1 Å². The number of hydrogen-bond donors (Lipinski definition) is 0. The molecule has 0 saturated heterocycles. The van der Waals surface area contributed by atoms with Crippen molar-refractivity contribution in [3.8, 4) is 5.75 Å². The summed E-state index contributed by atoms with van der Waals surface area (Å²) in [7, 11) is -0.899. The number of benzene rings is 1. The molecule has 1 atom stereocenters. The van der Waals surface area contributed by atoms with Gasteiger partial charge in [-0.25, -0.2) is 0 Å². The van der Waals surface area contributed by atoms with Crippen molar-refractivity contribution in [3.05, 3.63) is 24.3 Å². The fourth-order valence-corrected chi connectivity index (χ4v) is 1.35. The van der Waals surface area contributed by atoms with Gasteiger partial charge in [-0.3, -0.25) is 0 Å². The Bertz CT molecular complexity index is 355. The molecule has 0 bridgehead atoms. The first-order valence-corrected chi connectivity index (χ1v) is 5.62. The maximum absolute atomic E-state index is 10.7. The molecule has 1 rings (SSSR count). The lowest BCUT2D eigenvalue weighted by Gasteiger charge is -2.01. The molecule has 1 aromatic rings. The average Bonchev–Trinajstić information content (AvgIpc) is 1.91. The van der Waals surface area contributed by atoms with Crippen molar-refractivity contribution in [1.29, 1.82) is 0 Å². The molecule has 0 N–H and O–H groups in total. The van der Waals surface area contributed by atoms with E-state index in [1.807, 2.05) is 0 Å². The van der Waals surface area contributed by atoms with Gasteiger partial charge in [-0.05, 0) is 17.4 Å². The molecule has 0 aliphatic heterocycles. The SMILES string of the molecule is CS(=O)(=O)Oc1ccc(P)cc1. The average molecular weight is 204 g/mol. The van der Waals surface area contributed by atoms with Crippen LogP contribution >= 0.6 is 9.24 Å². The minimum atomic E-state index is -3.40. The van der Waals surface area contributed by atoms with E-state index in [0.29, 0.717) is 5.75 Å². The molecular formula is C7H9O3PS. The summed E-state index contributed by atoms with van der Waals surface area (Å²) in [6, 6.07) is 6.71. The first-order chi connectivity index (χ1) is 5.47. The maximum Gasteiger partial charge on any atom is 0.306 e. The van der Waals surface area contributed by atoms with E-state index in [9.17, 15) is 8.42 Å². The van der Waals surface area contributed by atoms with E-state index in [1.54, 1.807) is 24.3 Å². The van der Waals surface area contributed by atoms with Gasteiger partial charge in [0.1, 0.15) is 5.75 Å². The maximum atomic E-state index is 10.7. The topological polar surface area (TPSA) is 43.4 Å². The molecule has 0 fully saturated rings. The van der Waals surface area contributed by atoms with E-state index in [0.717, 1.165) is 11.6 Å². The molecule has 0 aromatic heterocycles. The van der Waals surface area contributed by atoms with Gasteiger partial charge in [0.05, 0.1) is 6.26 Å². The van der Waals surface area contributed by atoms with E-state index in [2.05, 4.69) is 13.4 Å². The van der Waals surface area contributed by atoms with Crippen LogP contribution in [0.4, 0.5) is 0 Å². The summed E-state index contributed by atoms with van der Waals surface area (Å²) < 4.78 is 25.9. The van der Waals surface area contributed by atoms with Gasteiger partial charge >= 0.3 is 10.1 Å². The Hall–Kier alpha value is -0.600. The third-order valence-corrected chi connectivity index (χ3v) is 2.01. The highest BCUT2D eigenvalue weighted by atomic mass is 32.2. The molecule has 1 unspecified atom stereocenters. The van der Waals surface area contributed by atoms with Crippen LogP contribution < -0.4 is 9.49 Å². The van der Waals surface area contributed by atoms with Gasteiger partial charge < -0.3 is 4.18 Å². The summed E-state index contributed by atoms with van der Waals surface area (Å²) in [5.41, 5.74) is 0. The fraction of sp³-hybridized carbons (Fsp3) is 0.143. The number of hydrogen-bond acceptors (Lipinski definition) is 3. The second kappa shape index (κ2) is 3.42. The van der Waals surface area contributed by atoms with Crippen molar-refractivity contribution >= 4 is 24.7 Å². The first-order valence-electron chi connectivity index (χ1n) is 3.22. The van der Waals surface area contributed by atoms with Crippen LogP contribution in [0.15, 0.2) is 24.3 Å². The lowest BCUT2D eigenvalue weighted by Crippen LogP contribution is -2.06. The molecule has 0 aliphatic carbocycles. The molecular weight excluding hydrogens is 195 g/mol. The van der Waals surface area contributed by atoms with Crippen molar-refractivity contribution in [1.82, 2.24) is 0 Å². The molecule has 0 spiro atoms. The Kier molecular flexibility index (Phi) is 2.70. The third kappa shape index (κ3) is 3.20. The van der Waals surface area contributed by atoms with Crippen LogP contribution in [0.2, 0.25) is 0 Å². The minimum absolute atomic E-state index is 0.337. The fourth-order valence-electron chi connectivity index (χ4n) is 0.698. The molecule has 0 saturated carbocycles. The number of rotatable bonds is 2. The Balaban J connectivity index is 2.85. The summed E-state index contributed by atoms with van der Waals surface area (Å²) in [5.74, 6) is 0.337. The van der Waals surface area contributed by atoms with E-state index < -0.39 is 10.1 Å². The molecule has 12 heavy (non-hydrogen) atoms. The molecule has 66 valence electrons. The Morgan fingerprint density at radius 1 is 1.25 bits per heavy atom. The predicted octanol–water partition coefficient (Wildman–Crippen LogP) is 0.525. The zero-order valence-electron chi connectivity index (χ0n) is 6.52. The van der Waals surface area contributed by atoms with Gasteiger partial charge in [0.2, 0.25) is 0 Å². The molecule has 0 radical (unpaired) electrons. The van der Waals surface area contributed by atoms with Gasteiger partial charge in [0.25, 0.3) is 0 Å². The standard InChI is InChI=1S/C7H9O3PS/c1-12(8,9)10-6-2-4-7(11)5-3-6/h2-5H,11H2,1H3. The normalized spacial score (nSPS) is 11.2. The highest BCUT2D eigenvalue weighted by Crippen LogP contribution is 2.10. The largest absolute Gasteiger partial charge is 0.383 e. The Labute approximate surface area is 74.1 Å².